The normalized spacial score (nSPS) is 27.0. The summed E-state index contributed by atoms with van der Waals surface area (Å²) in [7, 11) is 0. The van der Waals surface area contributed by atoms with Gasteiger partial charge < -0.3 is 5.73 Å². The maximum atomic E-state index is 6.54. The lowest BCUT2D eigenvalue weighted by Crippen LogP contribution is -2.35. The minimum Gasteiger partial charge on any atom is -0.325 e. The highest BCUT2D eigenvalue weighted by atomic mass is 14.8. The maximum absolute atomic E-state index is 6.54. The molecule has 0 aliphatic heterocycles. The maximum Gasteiger partial charge on any atom is 0.0157 e. The van der Waals surface area contributed by atoms with Gasteiger partial charge in [-0.3, -0.25) is 0 Å². The fourth-order valence-corrected chi connectivity index (χ4v) is 5.50. The molecule has 2 aromatic carbocycles. The smallest absolute Gasteiger partial charge is 0.0157 e. The molecular weight excluding hydrogens is 338 g/mol. The lowest BCUT2D eigenvalue weighted by molar-refractivity contribution is 0.418. The molecule has 2 aliphatic rings. The summed E-state index contributed by atoms with van der Waals surface area (Å²) in [4.78, 5) is 0. The van der Waals surface area contributed by atoms with Crippen LogP contribution in [0.3, 0.4) is 0 Å². The van der Waals surface area contributed by atoms with Crippen molar-refractivity contribution in [3.8, 4) is 0 Å². The van der Waals surface area contributed by atoms with Crippen molar-refractivity contribution in [2.75, 3.05) is 0 Å². The quantitative estimate of drug-likeness (QED) is 0.624. The van der Waals surface area contributed by atoms with E-state index in [4.69, 9.17) is 5.73 Å². The molecule has 1 fully saturated rings. The molecule has 0 saturated heterocycles. The fourth-order valence-electron chi connectivity index (χ4n) is 5.50. The highest BCUT2D eigenvalue weighted by Gasteiger charge is 2.35. The van der Waals surface area contributed by atoms with Crippen molar-refractivity contribution >= 4 is 0 Å². The monoisotopic (exact) mass is 375 g/mol. The Bertz CT molecular complexity index is 790. The topological polar surface area (TPSA) is 26.0 Å². The molecule has 28 heavy (non-hydrogen) atoms. The van der Waals surface area contributed by atoms with Crippen LogP contribution < -0.4 is 5.73 Å². The number of hydrogen-bond acceptors (Lipinski definition) is 1. The van der Waals surface area contributed by atoms with Gasteiger partial charge in [0.25, 0.3) is 0 Å². The van der Waals surface area contributed by atoms with Crippen LogP contribution in [0.2, 0.25) is 0 Å². The minimum absolute atomic E-state index is 0.0817. The zero-order valence-electron chi connectivity index (χ0n) is 17.8. The predicted molar refractivity (Wildman–Crippen MR) is 120 cm³/mol. The Morgan fingerprint density at radius 1 is 0.964 bits per heavy atom. The summed E-state index contributed by atoms with van der Waals surface area (Å²) in [6, 6.07) is 16.7. The Labute approximate surface area is 171 Å². The third kappa shape index (κ3) is 4.35. The molecule has 0 heterocycles. The number of fused-ring (bicyclic) bond motifs is 1. The minimum atomic E-state index is 0.0817. The molecule has 0 spiro atoms. The van der Waals surface area contributed by atoms with Gasteiger partial charge in [0.1, 0.15) is 0 Å². The lowest BCUT2D eigenvalue weighted by atomic mass is 9.79. The van der Waals surface area contributed by atoms with Crippen LogP contribution in [0, 0.1) is 5.92 Å². The van der Waals surface area contributed by atoms with Crippen LogP contribution in [-0.4, -0.2) is 5.54 Å². The third-order valence-corrected chi connectivity index (χ3v) is 7.47. The van der Waals surface area contributed by atoms with E-state index in [1.807, 2.05) is 0 Å². The zero-order valence-corrected chi connectivity index (χ0v) is 17.8. The van der Waals surface area contributed by atoms with Gasteiger partial charge in [-0.15, -0.1) is 0 Å². The van der Waals surface area contributed by atoms with Crippen molar-refractivity contribution in [3.63, 3.8) is 0 Å². The van der Waals surface area contributed by atoms with E-state index in [0.717, 1.165) is 12.3 Å². The highest BCUT2D eigenvalue weighted by molar-refractivity contribution is 5.37. The van der Waals surface area contributed by atoms with Crippen molar-refractivity contribution in [2.45, 2.75) is 89.5 Å². The van der Waals surface area contributed by atoms with Crippen LogP contribution in [0.1, 0.15) is 86.1 Å². The van der Waals surface area contributed by atoms with Crippen molar-refractivity contribution in [1.29, 1.82) is 0 Å². The zero-order chi connectivity index (χ0) is 19.6. The van der Waals surface area contributed by atoms with Crippen molar-refractivity contribution in [1.82, 2.24) is 0 Å². The first-order valence-electron chi connectivity index (χ1n) is 11.6. The Morgan fingerprint density at radius 2 is 1.75 bits per heavy atom. The van der Waals surface area contributed by atoms with E-state index < -0.39 is 0 Å². The highest BCUT2D eigenvalue weighted by Crippen LogP contribution is 2.42. The van der Waals surface area contributed by atoms with Crippen LogP contribution in [-0.2, 0) is 25.7 Å². The summed E-state index contributed by atoms with van der Waals surface area (Å²) in [5.74, 6) is 1.47. The summed E-state index contributed by atoms with van der Waals surface area (Å²) in [5, 5.41) is 0. The van der Waals surface area contributed by atoms with Gasteiger partial charge in [0.2, 0.25) is 0 Å². The molecule has 0 amide bonds. The Balaban J connectivity index is 1.39. The second kappa shape index (κ2) is 8.41. The fraction of sp³-hybridized carbons (Fsp3) is 0.556. The number of hydrogen-bond donors (Lipinski definition) is 1. The molecule has 0 radical (unpaired) electrons. The molecule has 0 bridgehead atoms. The van der Waals surface area contributed by atoms with Gasteiger partial charge in [-0.2, -0.15) is 0 Å². The van der Waals surface area contributed by atoms with E-state index in [9.17, 15) is 0 Å². The Kier molecular flexibility index (Phi) is 5.92. The van der Waals surface area contributed by atoms with E-state index in [2.05, 4.69) is 56.3 Å². The molecule has 0 aromatic heterocycles. The van der Waals surface area contributed by atoms with Crippen LogP contribution >= 0.6 is 0 Å². The molecule has 0 unspecified atom stereocenters. The lowest BCUT2D eigenvalue weighted by Gasteiger charge is -2.26. The van der Waals surface area contributed by atoms with E-state index in [0.29, 0.717) is 5.92 Å². The SMILES string of the molecule is CCCc1ccc(C[C@H]2CCc3cc([C@H]4CC[C@](N)(CC)C4)ccc3C2)cc1. The van der Waals surface area contributed by atoms with Gasteiger partial charge in [-0.05, 0) is 97.4 Å². The molecule has 2 aliphatic carbocycles. The van der Waals surface area contributed by atoms with E-state index in [-0.39, 0.29) is 5.54 Å². The molecule has 2 aromatic rings. The van der Waals surface area contributed by atoms with Crippen LogP contribution in [0.15, 0.2) is 42.5 Å². The summed E-state index contributed by atoms with van der Waals surface area (Å²) < 4.78 is 0. The Morgan fingerprint density at radius 3 is 2.46 bits per heavy atom. The van der Waals surface area contributed by atoms with Gasteiger partial charge in [0.05, 0.1) is 0 Å². The van der Waals surface area contributed by atoms with Gasteiger partial charge in [-0.25, -0.2) is 0 Å². The number of aryl methyl sites for hydroxylation is 2. The summed E-state index contributed by atoms with van der Waals surface area (Å²) >= 11 is 0. The van der Waals surface area contributed by atoms with Crippen LogP contribution in [0.25, 0.3) is 0 Å². The summed E-state index contributed by atoms with van der Waals surface area (Å²) in [6.45, 7) is 4.49. The summed E-state index contributed by atoms with van der Waals surface area (Å²) in [6.07, 6.45) is 12.2. The molecular formula is C27H37N. The molecule has 1 saturated carbocycles. The second-order valence-electron chi connectivity index (χ2n) is 9.56. The van der Waals surface area contributed by atoms with E-state index >= 15 is 0 Å². The molecule has 1 nitrogen and oxygen atoms in total. The first-order valence-corrected chi connectivity index (χ1v) is 11.6. The Hall–Kier alpha value is -1.60. The van der Waals surface area contributed by atoms with Crippen molar-refractivity contribution in [2.24, 2.45) is 11.7 Å². The van der Waals surface area contributed by atoms with E-state index in [1.54, 1.807) is 16.7 Å². The average Bonchev–Trinajstić information content (AvgIpc) is 3.12. The first kappa shape index (κ1) is 19.7. The molecule has 2 N–H and O–H groups in total. The summed E-state index contributed by atoms with van der Waals surface area (Å²) in [5.41, 5.74) is 14.4. The van der Waals surface area contributed by atoms with E-state index in [1.165, 1.54) is 68.9 Å². The van der Waals surface area contributed by atoms with Crippen LogP contribution in [0.4, 0.5) is 0 Å². The van der Waals surface area contributed by atoms with Gasteiger partial charge >= 0.3 is 0 Å². The number of benzene rings is 2. The van der Waals surface area contributed by atoms with Crippen molar-refractivity contribution < 1.29 is 0 Å². The predicted octanol–water partition coefficient (Wildman–Crippen LogP) is 6.36. The average molecular weight is 376 g/mol. The van der Waals surface area contributed by atoms with Gasteiger partial charge in [0.15, 0.2) is 0 Å². The van der Waals surface area contributed by atoms with Crippen LogP contribution in [0.5, 0.6) is 0 Å². The van der Waals surface area contributed by atoms with Crippen molar-refractivity contribution in [3.05, 3.63) is 70.3 Å². The van der Waals surface area contributed by atoms with Gasteiger partial charge in [0, 0.05) is 5.54 Å². The van der Waals surface area contributed by atoms with Gasteiger partial charge in [-0.1, -0.05) is 62.7 Å². The molecule has 1 heteroatoms. The number of nitrogens with two attached hydrogens (primary N) is 1. The largest absolute Gasteiger partial charge is 0.325 e. The molecule has 3 atom stereocenters. The molecule has 150 valence electrons. The molecule has 4 rings (SSSR count). The standard InChI is InChI=1S/C27H37N/c1-3-5-20-6-8-21(9-7-20)16-22-10-11-24-18-25(13-12-23(24)17-22)26-14-15-27(28,4-2)19-26/h6-9,12-13,18,22,26H,3-5,10-11,14-17,19,28H2,1-2H3/t22-,26+,27-/m1/s1. The second-order valence-corrected chi connectivity index (χ2v) is 9.56. The number of rotatable bonds is 6. The third-order valence-electron chi connectivity index (χ3n) is 7.47. The first-order chi connectivity index (χ1) is 13.6.